The highest BCUT2D eigenvalue weighted by Gasteiger charge is 2.04. The molecular formula is C14H13N3O3. The Bertz CT molecular complexity index is 627. The van der Waals surface area contributed by atoms with Crippen LogP contribution in [0.2, 0.25) is 0 Å². The van der Waals surface area contributed by atoms with Crippen LogP contribution in [0.15, 0.2) is 47.7 Å². The Morgan fingerprint density at radius 2 is 2.25 bits per heavy atom. The number of aromatic nitrogens is 1. The van der Waals surface area contributed by atoms with Gasteiger partial charge in [0.2, 0.25) is 0 Å². The number of hydrogen-bond acceptors (Lipinski definition) is 5. The zero-order chi connectivity index (χ0) is 14.4. The molecule has 0 fully saturated rings. The summed E-state index contributed by atoms with van der Waals surface area (Å²) in [6, 6.07) is 9.77. The monoisotopic (exact) mass is 271 g/mol. The van der Waals surface area contributed by atoms with E-state index in [1.807, 2.05) is 0 Å². The Hall–Kier alpha value is -2.89. The molecule has 6 heteroatoms. The number of ether oxygens (including phenoxy) is 1. The minimum atomic E-state index is -0.396. The molecular weight excluding hydrogens is 258 g/mol. The molecule has 0 atom stereocenters. The van der Waals surface area contributed by atoms with E-state index in [2.05, 4.69) is 15.5 Å². The van der Waals surface area contributed by atoms with Crippen molar-refractivity contribution in [3.8, 4) is 11.5 Å². The molecule has 0 unspecified atom stereocenters. The summed E-state index contributed by atoms with van der Waals surface area (Å²) >= 11 is 0. The smallest absolute Gasteiger partial charge is 0.289 e. The molecule has 0 bridgehead atoms. The molecule has 1 amide bonds. The number of phenolic OH excluding ortho intramolecular Hbond substituents is 1. The molecule has 1 aromatic heterocycles. The van der Waals surface area contributed by atoms with Crippen LogP contribution in [0.5, 0.6) is 11.5 Å². The Balaban J connectivity index is 2.02. The van der Waals surface area contributed by atoms with E-state index >= 15 is 0 Å². The Kier molecular flexibility index (Phi) is 4.28. The number of benzene rings is 1. The standard InChI is InChI=1S/C14H13N3O3/c1-20-13-8-10(5-6-12(13)18)9-16-17-14(19)11-4-2-3-7-15-11/h2-9,18H,1H3,(H,17,19). The first kappa shape index (κ1) is 13.5. The highest BCUT2D eigenvalue weighted by atomic mass is 16.5. The number of nitrogens with one attached hydrogen (secondary N) is 1. The number of methoxy groups -OCH3 is 1. The van der Waals surface area contributed by atoms with Gasteiger partial charge in [0.15, 0.2) is 11.5 Å². The molecule has 0 spiro atoms. The fourth-order valence-electron chi connectivity index (χ4n) is 1.49. The summed E-state index contributed by atoms with van der Waals surface area (Å²) in [5, 5.41) is 13.3. The predicted molar refractivity (Wildman–Crippen MR) is 74.0 cm³/mol. The van der Waals surface area contributed by atoms with Crippen LogP contribution in [0.3, 0.4) is 0 Å². The number of hydrogen-bond donors (Lipinski definition) is 2. The Labute approximate surface area is 115 Å². The second-order valence-electron chi connectivity index (χ2n) is 3.85. The lowest BCUT2D eigenvalue weighted by Gasteiger charge is -2.03. The minimum absolute atomic E-state index is 0.0437. The van der Waals surface area contributed by atoms with E-state index in [1.165, 1.54) is 25.6 Å². The van der Waals surface area contributed by atoms with Crippen LogP contribution in [0.4, 0.5) is 0 Å². The van der Waals surface area contributed by atoms with Gasteiger partial charge >= 0.3 is 0 Å². The summed E-state index contributed by atoms with van der Waals surface area (Å²) in [4.78, 5) is 15.6. The summed E-state index contributed by atoms with van der Waals surface area (Å²) in [6.45, 7) is 0. The van der Waals surface area contributed by atoms with Crippen molar-refractivity contribution >= 4 is 12.1 Å². The summed E-state index contributed by atoms with van der Waals surface area (Å²) in [7, 11) is 1.46. The number of hydrazone groups is 1. The van der Waals surface area contributed by atoms with Crippen LogP contribution in [0.1, 0.15) is 16.1 Å². The molecule has 2 N–H and O–H groups in total. The summed E-state index contributed by atoms with van der Waals surface area (Å²) < 4.78 is 4.97. The Morgan fingerprint density at radius 3 is 2.95 bits per heavy atom. The van der Waals surface area contributed by atoms with Crippen LogP contribution in [-0.2, 0) is 0 Å². The van der Waals surface area contributed by atoms with Gasteiger partial charge in [-0.15, -0.1) is 0 Å². The number of carbonyl (C=O) groups excluding carboxylic acids is 1. The number of pyridine rings is 1. The van der Waals surface area contributed by atoms with Crippen LogP contribution < -0.4 is 10.2 Å². The highest BCUT2D eigenvalue weighted by Crippen LogP contribution is 2.25. The molecule has 2 rings (SSSR count). The molecule has 102 valence electrons. The fraction of sp³-hybridized carbons (Fsp3) is 0.0714. The van der Waals surface area contributed by atoms with E-state index in [0.29, 0.717) is 11.3 Å². The van der Waals surface area contributed by atoms with Crippen molar-refractivity contribution < 1.29 is 14.6 Å². The summed E-state index contributed by atoms with van der Waals surface area (Å²) in [5.74, 6) is -0.0141. The Morgan fingerprint density at radius 1 is 1.40 bits per heavy atom. The van der Waals surface area contributed by atoms with Crippen molar-refractivity contribution in [1.82, 2.24) is 10.4 Å². The topological polar surface area (TPSA) is 83.8 Å². The highest BCUT2D eigenvalue weighted by molar-refractivity contribution is 5.93. The van der Waals surface area contributed by atoms with Gasteiger partial charge in [-0.1, -0.05) is 6.07 Å². The maximum absolute atomic E-state index is 11.7. The number of aromatic hydroxyl groups is 1. The molecule has 0 aliphatic heterocycles. The van der Waals surface area contributed by atoms with Crippen molar-refractivity contribution in [3.63, 3.8) is 0 Å². The lowest BCUT2D eigenvalue weighted by molar-refractivity contribution is 0.0950. The third kappa shape index (κ3) is 3.32. The summed E-state index contributed by atoms with van der Waals surface area (Å²) in [5.41, 5.74) is 3.33. The van der Waals surface area contributed by atoms with Crippen molar-refractivity contribution in [1.29, 1.82) is 0 Å². The average molecular weight is 271 g/mol. The van der Waals surface area contributed by atoms with Crippen molar-refractivity contribution in [2.45, 2.75) is 0 Å². The largest absolute Gasteiger partial charge is 0.504 e. The predicted octanol–water partition coefficient (Wildman–Crippen LogP) is 1.56. The van der Waals surface area contributed by atoms with E-state index in [0.717, 1.165) is 0 Å². The first-order valence-corrected chi connectivity index (χ1v) is 5.82. The van der Waals surface area contributed by atoms with Crippen molar-refractivity contribution in [2.75, 3.05) is 7.11 Å². The molecule has 2 aromatic rings. The molecule has 20 heavy (non-hydrogen) atoms. The van der Waals surface area contributed by atoms with E-state index in [4.69, 9.17) is 4.74 Å². The normalized spacial score (nSPS) is 10.4. The van der Waals surface area contributed by atoms with E-state index < -0.39 is 5.91 Å². The molecule has 0 aliphatic carbocycles. The summed E-state index contributed by atoms with van der Waals surface area (Å²) in [6.07, 6.45) is 2.98. The van der Waals surface area contributed by atoms with Crippen LogP contribution in [0.25, 0.3) is 0 Å². The minimum Gasteiger partial charge on any atom is -0.504 e. The molecule has 1 heterocycles. The quantitative estimate of drug-likeness (QED) is 0.653. The van der Waals surface area contributed by atoms with E-state index in [-0.39, 0.29) is 11.4 Å². The van der Waals surface area contributed by atoms with Crippen LogP contribution >= 0.6 is 0 Å². The second-order valence-corrected chi connectivity index (χ2v) is 3.85. The zero-order valence-corrected chi connectivity index (χ0v) is 10.8. The number of amides is 1. The van der Waals surface area contributed by atoms with Crippen molar-refractivity contribution in [3.05, 3.63) is 53.9 Å². The lowest BCUT2D eigenvalue weighted by atomic mass is 10.2. The maximum atomic E-state index is 11.7. The molecule has 0 saturated heterocycles. The van der Waals surface area contributed by atoms with Gasteiger partial charge in [-0.2, -0.15) is 5.10 Å². The van der Waals surface area contributed by atoms with Gasteiger partial charge in [-0.25, -0.2) is 5.43 Å². The fourth-order valence-corrected chi connectivity index (χ4v) is 1.49. The van der Waals surface area contributed by atoms with Gasteiger partial charge in [0.05, 0.1) is 13.3 Å². The zero-order valence-electron chi connectivity index (χ0n) is 10.8. The van der Waals surface area contributed by atoms with Gasteiger partial charge < -0.3 is 9.84 Å². The van der Waals surface area contributed by atoms with Gasteiger partial charge in [0.1, 0.15) is 5.69 Å². The van der Waals surface area contributed by atoms with Gasteiger partial charge in [-0.05, 0) is 35.9 Å². The number of nitrogens with zero attached hydrogens (tertiary/aromatic N) is 2. The third-order valence-electron chi connectivity index (χ3n) is 2.48. The van der Waals surface area contributed by atoms with Gasteiger partial charge in [0.25, 0.3) is 5.91 Å². The van der Waals surface area contributed by atoms with Gasteiger partial charge in [-0.3, -0.25) is 9.78 Å². The van der Waals surface area contributed by atoms with E-state index in [9.17, 15) is 9.90 Å². The molecule has 0 radical (unpaired) electrons. The molecule has 6 nitrogen and oxygen atoms in total. The first-order chi connectivity index (χ1) is 9.70. The maximum Gasteiger partial charge on any atom is 0.289 e. The number of carbonyl (C=O) groups is 1. The van der Waals surface area contributed by atoms with Gasteiger partial charge in [0, 0.05) is 6.20 Å². The lowest BCUT2D eigenvalue weighted by Crippen LogP contribution is -2.18. The second kappa shape index (κ2) is 6.33. The van der Waals surface area contributed by atoms with E-state index in [1.54, 1.807) is 30.3 Å². The van der Waals surface area contributed by atoms with Crippen molar-refractivity contribution in [2.24, 2.45) is 5.10 Å². The SMILES string of the molecule is COc1cc(C=NNC(=O)c2ccccn2)ccc1O. The van der Waals surface area contributed by atoms with Crippen LogP contribution in [0, 0.1) is 0 Å². The number of rotatable bonds is 4. The van der Waals surface area contributed by atoms with Crippen LogP contribution in [-0.4, -0.2) is 29.3 Å². The molecule has 1 aromatic carbocycles. The number of phenols is 1. The molecule has 0 saturated carbocycles. The third-order valence-corrected chi connectivity index (χ3v) is 2.48. The average Bonchev–Trinajstić information content (AvgIpc) is 2.49. The molecule has 0 aliphatic rings. The first-order valence-electron chi connectivity index (χ1n) is 5.82.